The first-order valence-corrected chi connectivity index (χ1v) is 43.1. The summed E-state index contributed by atoms with van der Waals surface area (Å²) in [6, 6.07) is 47.1. The number of benzene rings is 6. The van der Waals surface area contributed by atoms with Crippen LogP contribution in [0.5, 0.6) is 0 Å². The van der Waals surface area contributed by atoms with Crippen molar-refractivity contribution in [3.05, 3.63) is 177 Å². The van der Waals surface area contributed by atoms with Crippen molar-refractivity contribution in [2.75, 3.05) is 0 Å². The molecule has 0 heterocycles. The number of hydrogen-bond acceptors (Lipinski definition) is 0. The molecule has 0 nitrogen and oxygen atoms in total. The van der Waals surface area contributed by atoms with Crippen LogP contribution in [0.3, 0.4) is 0 Å². The Morgan fingerprint density at radius 1 is 0.319 bits per heavy atom. The summed E-state index contributed by atoms with van der Waals surface area (Å²) in [7, 11) is 19.2. The molecule has 0 amide bonds. The van der Waals surface area contributed by atoms with E-state index in [2.05, 4.69) is 271 Å². The summed E-state index contributed by atoms with van der Waals surface area (Å²) in [6.45, 7) is 47.0. The van der Waals surface area contributed by atoms with Crippen LogP contribution in [0.25, 0.3) is 56.7 Å². The van der Waals surface area contributed by atoms with Crippen LogP contribution >= 0.6 is 17.0 Å². The van der Waals surface area contributed by atoms with Gasteiger partial charge in [-0.1, -0.05) is 0 Å². The molecule has 0 radical (unpaired) electrons. The molecule has 2 aliphatic carbocycles. The Kier molecular flexibility index (Phi) is 14.0. The molecule has 0 aromatic heterocycles. The molecule has 6 aromatic carbocycles. The molecule has 0 spiro atoms. The summed E-state index contributed by atoms with van der Waals surface area (Å²) in [5.74, 6) is -2.02. The summed E-state index contributed by atoms with van der Waals surface area (Å²) in [4.78, 5) is 0. The third-order valence-electron chi connectivity index (χ3n) is 16.6. The first kappa shape index (κ1) is 54.7. The number of hydrogen-bond donors (Lipinski definition) is 0. The van der Waals surface area contributed by atoms with Gasteiger partial charge >= 0.3 is 450 Å². The fraction of sp³-hybridized carbons (Fsp3) is 0.412. The van der Waals surface area contributed by atoms with Crippen LogP contribution in [-0.4, -0.2) is 5.92 Å². The zero-order valence-electron chi connectivity index (χ0n) is 47.7. The first-order chi connectivity index (χ1) is 33.0. The second-order valence-corrected chi connectivity index (χ2v) is 70.7. The van der Waals surface area contributed by atoms with Gasteiger partial charge in [-0.3, -0.25) is 0 Å². The van der Waals surface area contributed by atoms with Gasteiger partial charge < -0.3 is 0 Å². The predicted molar refractivity (Wildman–Crippen MR) is 320 cm³/mol. The fourth-order valence-corrected chi connectivity index (χ4v) is 43.0. The predicted octanol–water partition coefficient (Wildman–Crippen LogP) is 21.2. The molecule has 6 aromatic rings. The Balaban J connectivity index is 1.50. The molecule has 2 atom stereocenters. The molecule has 0 saturated carbocycles. The average molecular weight is 1090 g/mol. The quantitative estimate of drug-likeness (QED) is 0.140. The fourth-order valence-electron chi connectivity index (χ4n) is 11.9. The van der Waals surface area contributed by atoms with Crippen molar-refractivity contribution >= 4 is 35.1 Å². The number of rotatable bonds is 7. The molecule has 8 rings (SSSR count). The molecular formula is C68H85Cl2SiZr. The van der Waals surface area contributed by atoms with E-state index in [1.54, 1.807) is 0 Å². The van der Waals surface area contributed by atoms with Gasteiger partial charge in [0.2, 0.25) is 0 Å². The molecule has 0 fully saturated rings. The van der Waals surface area contributed by atoms with Gasteiger partial charge in [-0.05, 0) is 0 Å². The average Bonchev–Trinajstić information content (AvgIpc) is 3.91. The maximum atomic E-state index is 9.58. The number of allylic oxidation sites excluding steroid dienone is 2. The van der Waals surface area contributed by atoms with Crippen molar-refractivity contribution in [3.8, 4) is 44.5 Å². The van der Waals surface area contributed by atoms with Crippen LogP contribution in [0.4, 0.5) is 0 Å². The molecular weight excluding hydrogens is 1010 g/mol. The molecule has 0 N–H and O–H groups in total. The van der Waals surface area contributed by atoms with Gasteiger partial charge in [0.05, 0.1) is 0 Å². The van der Waals surface area contributed by atoms with Gasteiger partial charge in [-0.15, -0.1) is 0 Å². The van der Waals surface area contributed by atoms with Gasteiger partial charge in [0.1, 0.15) is 0 Å². The zero-order valence-corrected chi connectivity index (χ0v) is 52.8. The number of fused-ring (bicyclic) bond motifs is 2. The van der Waals surface area contributed by atoms with Crippen LogP contribution < -0.4 is 0 Å². The van der Waals surface area contributed by atoms with Gasteiger partial charge in [0.25, 0.3) is 0 Å². The van der Waals surface area contributed by atoms with Gasteiger partial charge in [-0.2, -0.15) is 0 Å². The summed E-state index contributed by atoms with van der Waals surface area (Å²) in [5.41, 5.74) is 22.9. The second kappa shape index (κ2) is 18.4. The minimum atomic E-state index is -5.58. The van der Waals surface area contributed by atoms with Gasteiger partial charge in [-0.25, -0.2) is 0 Å². The normalized spacial score (nSPS) is 17.3. The van der Waals surface area contributed by atoms with Crippen molar-refractivity contribution in [2.24, 2.45) is 10.8 Å². The standard InChI is InChI=1S/2C33H39.C2H7Si.2ClH.Zr/c2*1-31(2,3)24-14-10-22(11-15-24)27-18-19-28(23-12-16-25(17-13-23)32(4,5)6)30-21-26(20-29(27)30)33(7,8)9;1-3-2;;;/h2*10-21H,1-9H3;3H,1-2H3;2*1H;/q;;;;;+2/p-2. The molecule has 2 unspecified atom stereocenters. The van der Waals surface area contributed by atoms with Crippen LogP contribution in [0.15, 0.2) is 132 Å². The van der Waals surface area contributed by atoms with E-state index in [0.717, 1.165) is 0 Å². The van der Waals surface area contributed by atoms with E-state index in [0.29, 0.717) is 0 Å². The maximum absolute atomic E-state index is 9.58. The third kappa shape index (κ3) is 9.81. The molecule has 0 bridgehead atoms. The topological polar surface area (TPSA) is 0 Å². The SMILES string of the molecule is C[SiH](C)[Zr]([Cl])([Cl])([CH]1C(C(C)(C)C)=Cc2c(-c3ccc(C(C)(C)C)cc3)ccc(-c3ccc(C(C)(C)C)cc3)c21)[CH]1C(C(C)(C)C)=Cc2c(-c3ccc(C(C)(C)C)cc3)ccc(-c3ccc(C(C)(C)C)cc3)c21. The summed E-state index contributed by atoms with van der Waals surface area (Å²) in [5, 5.41) is 0. The van der Waals surface area contributed by atoms with Crippen molar-refractivity contribution in [2.45, 2.75) is 167 Å². The van der Waals surface area contributed by atoms with Crippen molar-refractivity contribution in [1.29, 1.82) is 0 Å². The van der Waals surface area contributed by atoms with Crippen LogP contribution in [0.1, 0.15) is 176 Å². The van der Waals surface area contributed by atoms with Crippen molar-refractivity contribution < 1.29 is 15.6 Å². The molecule has 0 saturated heterocycles. The molecule has 2 aliphatic rings. The van der Waals surface area contributed by atoms with E-state index in [9.17, 15) is 17.0 Å². The molecule has 0 aliphatic heterocycles. The van der Waals surface area contributed by atoms with E-state index < -0.39 is 21.5 Å². The van der Waals surface area contributed by atoms with E-state index in [-0.39, 0.29) is 39.7 Å². The second-order valence-electron chi connectivity index (χ2n) is 28.2. The van der Waals surface area contributed by atoms with Gasteiger partial charge in [0.15, 0.2) is 0 Å². The van der Waals surface area contributed by atoms with E-state index >= 15 is 0 Å². The van der Waals surface area contributed by atoms with Crippen LogP contribution in [0, 0.1) is 10.8 Å². The minimum absolute atomic E-state index is 0.0298. The van der Waals surface area contributed by atoms with Gasteiger partial charge in [0, 0.05) is 0 Å². The Bertz CT molecular complexity index is 2880. The van der Waals surface area contributed by atoms with Crippen molar-refractivity contribution in [3.63, 3.8) is 0 Å². The Hall–Kier alpha value is -3.52. The van der Waals surface area contributed by atoms with E-state index in [4.69, 9.17) is 0 Å². The molecule has 72 heavy (non-hydrogen) atoms. The Labute approximate surface area is 446 Å². The van der Waals surface area contributed by atoms with E-state index in [1.807, 2.05) is 0 Å². The summed E-state index contributed by atoms with van der Waals surface area (Å²) in [6.07, 6.45) is 5.15. The summed E-state index contributed by atoms with van der Waals surface area (Å²) >= 11 is -5.58. The monoisotopic (exact) mass is 1090 g/mol. The molecule has 379 valence electrons. The third-order valence-corrected chi connectivity index (χ3v) is 68.0. The Morgan fingerprint density at radius 2 is 0.542 bits per heavy atom. The summed E-state index contributed by atoms with van der Waals surface area (Å²) < 4.78 is -0.287. The van der Waals surface area contributed by atoms with Crippen LogP contribution in [0.2, 0.25) is 13.1 Å². The zero-order chi connectivity index (χ0) is 53.1. The first-order valence-electron chi connectivity index (χ1n) is 26.8. The molecule has 4 heteroatoms. The van der Waals surface area contributed by atoms with Crippen molar-refractivity contribution in [1.82, 2.24) is 0 Å². The number of halogens is 2. The van der Waals surface area contributed by atoms with Crippen LogP contribution in [-0.2, 0) is 37.2 Å². The van der Waals surface area contributed by atoms with E-state index in [1.165, 1.54) is 100 Å². The Morgan fingerprint density at radius 3 is 0.750 bits per heavy atom.